The van der Waals surface area contributed by atoms with Crippen molar-refractivity contribution in [1.29, 1.82) is 0 Å². The van der Waals surface area contributed by atoms with E-state index >= 15 is 0 Å². The molecule has 6 nitrogen and oxygen atoms in total. The number of ether oxygens (including phenoxy) is 2. The van der Waals surface area contributed by atoms with Gasteiger partial charge in [0.05, 0.1) is 10.4 Å². The highest BCUT2D eigenvalue weighted by Gasteiger charge is 2.64. The van der Waals surface area contributed by atoms with Crippen LogP contribution in [0, 0.1) is 0 Å². The molecule has 0 aliphatic heterocycles. The minimum absolute atomic E-state index is 0.117. The minimum atomic E-state index is -5.18. The number of benzene rings is 3. The normalized spacial score (nSPS) is 15.3. The van der Waals surface area contributed by atoms with Gasteiger partial charge in [-0.25, -0.2) is 13.2 Å². The molecule has 0 amide bonds. The number of hydrogen-bond donors (Lipinski definition) is 1. The summed E-state index contributed by atoms with van der Waals surface area (Å²) in [5, 5.41) is 0. The molecular weight excluding hydrogens is 591 g/mol. The Morgan fingerprint density at radius 3 is 1.64 bits per heavy atom. The first-order valence-corrected chi connectivity index (χ1v) is 16.0. The first-order valence-electron chi connectivity index (χ1n) is 14.5. The van der Waals surface area contributed by atoms with E-state index in [1.54, 1.807) is 30.3 Å². The predicted molar refractivity (Wildman–Crippen MR) is 165 cm³/mol. The summed E-state index contributed by atoms with van der Waals surface area (Å²) in [6, 6.07) is 18.6. The lowest BCUT2D eigenvalue weighted by Crippen LogP contribution is -2.54. The molecule has 1 unspecified atom stereocenters. The molecule has 3 aromatic carbocycles. The average Bonchev–Trinajstić information content (AvgIpc) is 2.96. The van der Waals surface area contributed by atoms with Gasteiger partial charge in [-0.15, -0.1) is 0 Å². The fourth-order valence-corrected chi connectivity index (χ4v) is 7.31. The van der Waals surface area contributed by atoms with E-state index in [2.05, 4.69) is 4.72 Å². The summed E-state index contributed by atoms with van der Waals surface area (Å²) in [7, 11) is -3.54. The second-order valence-electron chi connectivity index (χ2n) is 12.1. The third-order valence-electron chi connectivity index (χ3n) is 7.78. The largest absolute Gasteiger partial charge is 0.461 e. The molecule has 44 heavy (non-hydrogen) atoms. The molecule has 0 radical (unpaired) electrons. The maximum Gasteiger partial charge on any atom is 0.432 e. The lowest BCUT2D eigenvalue weighted by atomic mass is 9.89. The molecule has 0 bridgehead atoms. The van der Waals surface area contributed by atoms with Crippen molar-refractivity contribution in [3.63, 3.8) is 0 Å². The molecule has 3 rings (SSSR count). The molecule has 2 atom stereocenters. The maximum absolute atomic E-state index is 14.5. The number of hydrogen-bond acceptors (Lipinski definition) is 5. The number of esters is 1. The van der Waals surface area contributed by atoms with Crippen LogP contribution in [0.15, 0.2) is 77.7 Å². The van der Waals surface area contributed by atoms with Gasteiger partial charge in [0.1, 0.15) is 6.61 Å². The third-order valence-corrected chi connectivity index (χ3v) is 9.51. The van der Waals surface area contributed by atoms with Gasteiger partial charge in [-0.05, 0) is 46.9 Å². The highest BCUT2D eigenvalue weighted by Crippen LogP contribution is 2.43. The van der Waals surface area contributed by atoms with Crippen LogP contribution in [0.4, 0.5) is 13.2 Å². The van der Waals surface area contributed by atoms with Crippen molar-refractivity contribution >= 4 is 16.0 Å². The smallest absolute Gasteiger partial charge is 0.432 e. The van der Waals surface area contributed by atoms with Gasteiger partial charge < -0.3 is 9.47 Å². The van der Waals surface area contributed by atoms with Crippen LogP contribution >= 0.6 is 0 Å². The van der Waals surface area contributed by atoms with Crippen molar-refractivity contribution in [3.05, 3.63) is 101 Å². The molecule has 10 heteroatoms. The Kier molecular flexibility index (Phi) is 10.8. The first-order chi connectivity index (χ1) is 20.4. The molecule has 0 aliphatic rings. The van der Waals surface area contributed by atoms with E-state index in [4.69, 9.17) is 9.47 Å². The summed E-state index contributed by atoms with van der Waals surface area (Å²) in [6.07, 6.45) is -5.18. The van der Waals surface area contributed by atoms with Crippen molar-refractivity contribution in [1.82, 2.24) is 4.72 Å². The van der Waals surface area contributed by atoms with Gasteiger partial charge in [0.15, 0.2) is 0 Å². The van der Waals surface area contributed by atoms with E-state index in [0.717, 1.165) is 24.8 Å². The van der Waals surface area contributed by atoms with Gasteiger partial charge in [-0.3, -0.25) is 0 Å². The van der Waals surface area contributed by atoms with Gasteiger partial charge in [0, 0.05) is 12.7 Å². The number of methoxy groups -OCH3 is 1. The lowest BCUT2D eigenvalue weighted by molar-refractivity contribution is -0.277. The topological polar surface area (TPSA) is 81.7 Å². The molecule has 1 N–H and O–H groups in total. The summed E-state index contributed by atoms with van der Waals surface area (Å²) in [5.41, 5.74) is -2.90. The van der Waals surface area contributed by atoms with Crippen LogP contribution in [-0.2, 0) is 35.4 Å². The lowest BCUT2D eigenvalue weighted by Gasteiger charge is -2.36. The second kappa shape index (κ2) is 13.4. The summed E-state index contributed by atoms with van der Waals surface area (Å²) in [6.45, 7) is 12.4. The Hall–Kier alpha value is -3.21. The quantitative estimate of drug-likeness (QED) is 0.205. The second-order valence-corrected chi connectivity index (χ2v) is 13.7. The van der Waals surface area contributed by atoms with Gasteiger partial charge in [0.2, 0.25) is 10.0 Å². The molecule has 3 aromatic rings. The van der Waals surface area contributed by atoms with Crippen molar-refractivity contribution in [3.8, 4) is 0 Å². The van der Waals surface area contributed by atoms with E-state index in [1.165, 1.54) is 25.1 Å². The molecular formula is C34H42F3NO5S. The van der Waals surface area contributed by atoms with Gasteiger partial charge in [-0.1, -0.05) is 114 Å². The molecule has 240 valence electrons. The zero-order valence-corrected chi connectivity index (χ0v) is 27.3. The van der Waals surface area contributed by atoms with Crippen molar-refractivity contribution in [2.24, 2.45) is 0 Å². The van der Waals surface area contributed by atoms with Crippen LogP contribution in [0.25, 0.3) is 0 Å². The van der Waals surface area contributed by atoms with Crippen LogP contribution in [-0.4, -0.2) is 34.3 Å². The Morgan fingerprint density at radius 1 is 0.795 bits per heavy atom. The number of carbonyl (C=O) groups is 1. The van der Waals surface area contributed by atoms with Crippen LogP contribution < -0.4 is 4.72 Å². The monoisotopic (exact) mass is 633 g/mol. The summed E-state index contributed by atoms with van der Waals surface area (Å²) < 4.78 is 85.3. The predicted octanol–water partition coefficient (Wildman–Crippen LogP) is 7.90. The van der Waals surface area contributed by atoms with E-state index in [1.807, 2.05) is 53.7 Å². The van der Waals surface area contributed by atoms with E-state index < -0.39 is 45.5 Å². The first kappa shape index (κ1) is 35.3. The van der Waals surface area contributed by atoms with Crippen LogP contribution in [0.3, 0.4) is 0 Å². The standard InChI is InChI=1S/C34H42F3NO5S/c1-22(2)25-19-28(23(3)4)30(29(20-25)24(5)6)44(40,41)38-32(7,26-15-11-9-12-16-26)21-43-31(39)33(42-8,34(35,36)37)27-17-13-10-14-18-27/h9-20,22-24,38H,21H2,1-8H3/t32?,33-/m0/s1. The fraction of sp³-hybridized carbons (Fsp3) is 0.441. The van der Waals surface area contributed by atoms with Crippen LogP contribution in [0.5, 0.6) is 0 Å². The number of rotatable bonds is 12. The Labute approximate surface area is 259 Å². The van der Waals surface area contributed by atoms with Crippen molar-refractivity contribution < 1.29 is 35.9 Å². The zero-order valence-electron chi connectivity index (χ0n) is 26.5. The summed E-state index contributed by atoms with van der Waals surface area (Å²) >= 11 is 0. The third kappa shape index (κ3) is 7.03. The van der Waals surface area contributed by atoms with E-state index in [0.29, 0.717) is 16.7 Å². The number of carbonyl (C=O) groups excluding carboxylic acids is 1. The Balaban J connectivity index is 2.15. The van der Waals surface area contributed by atoms with Crippen LogP contribution in [0.2, 0.25) is 0 Å². The molecule has 0 spiro atoms. The fourth-order valence-electron chi connectivity index (χ4n) is 5.22. The maximum atomic E-state index is 14.5. The Morgan fingerprint density at radius 2 is 1.25 bits per heavy atom. The van der Waals surface area contributed by atoms with Crippen molar-refractivity contribution in [2.45, 2.75) is 88.4 Å². The minimum Gasteiger partial charge on any atom is -0.461 e. The van der Waals surface area contributed by atoms with Gasteiger partial charge in [0.25, 0.3) is 5.60 Å². The molecule has 0 aromatic heterocycles. The SMILES string of the molecule is CO[C@](C(=O)OCC(C)(NS(=O)(=O)c1c(C(C)C)cc(C(C)C)cc1C(C)C)c1ccccc1)(c1ccccc1)C(F)(F)F. The van der Waals surface area contributed by atoms with Gasteiger partial charge >= 0.3 is 12.1 Å². The molecule has 0 saturated carbocycles. The van der Waals surface area contributed by atoms with Crippen molar-refractivity contribution in [2.75, 3.05) is 13.7 Å². The average molecular weight is 634 g/mol. The van der Waals surface area contributed by atoms with Gasteiger partial charge in [-0.2, -0.15) is 17.9 Å². The highest BCUT2D eigenvalue weighted by atomic mass is 32.2. The number of alkyl halides is 3. The molecule has 0 saturated heterocycles. The van der Waals surface area contributed by atoms with Crippen LogP contribution in [0.1, 0.15) is 94.0 Å². The van der Waals surface area contributed by atoms with E-state index in [-0.39, 0.29) is 22.6 Å². The molecule has 0 aliphatic carbocycles. The molecule has 0 fully saturated rings. The number of sulfonamides is 1. The summed E-state index contributed by atoms with van der Waals surface area (Å²) in [5.74, 6) is -1.87. The Bertz CT molecular complexity index is 1510. The zero-order chi connectivity index (χ0) is 33.1. The van der Waals surface area contributed by atoms with E-state index in [9.17, 15) is 26.4 Å². The molecule has 0 heterocycles. The number of halogens is 3. The highest BCUT2D eigenvalue weighted by molar-refractivity contribution is 7.89. The summed E-state index contributed by atoms with van der Waals surface area (Å²) in [4.78, 5) is 13.5. The number of nitrogens with one attached hydrogen (secondary N) is 1.